The van der Waals surface area contributed by atoms with Gasteiger partial charge in [-0.3, -0.25) is 14.9 Å². The first-order valence-electron chi connectivity index (χ1n) is 8.56. The zero-order valence-electron chi connectivity index (χ0n) is 15.5. The molecule has 0 bridgehead atoms. The fraction of sp³-hybridized carbons (Fsp3) is 0.444. The maximum Gasteiger partial charge on any atom is 0.348 e. The molecule has 2 rings (SSSR count). The van der Waals surface area contributed by atoms with Gasteiger partial charge in [-0.2, -0.15) is 0 Å². The number of thiophene rings is 1. The lowest BCUT2D eigenvalue weighted by Gasteiger charge is -2.03. The number of hydrogen-bond donors (Lipinski definition) is 1. The summed E-state index contributed by atoms with van der Waals surface area (Å²) in [6.45, 7) is 3.75. The molecule has 1 N–H and O–H groups in total. The number of nitrogens with one attached hydrogen (secondary N) is 1. The second-order valence-electron chi connectivity index (χ2n) is 5.68. The molecule has 0 saturated carbocycles. The number of hydrogen-bond acceptors (Lipinski definition) is 8. The Kier molecular flexibility index (Phi) is 7.93. The van der Waals surface area contributed by atoms with E-state index in [4.69, 9.17) is 4.74 Å². The van der Waals surface area contributed by atoms with Crippen molar-refractivity contribution in [3.63, 3.8) is 0 Å². The van der Waals surface area contributed by atoms with E-state index in [2.05, 4.69) is 22.0 Å². The summed E-state index contributed by atoms with van der Waals surface area (Å²) < 4.78 is 9.67. The molecule has 7 nitrogen and oxygen atoms in total. The topological polar surface area (TPSA) is 94.6 Å². The summed E-state index contributed by atoms with van der Waals surface area (Å²) in [5.41, 5.74) is 1.66. The van der Waals surface area contributed by atoms with E-state index in [0.29, 0.717) is 15.7 Å². The smallest absolute Gasteiger partial charge is 0.348 e. The number of carbonyl (C=O) groups excluding carboxylic acids is 3. The van der Waals surface area contributed by atoms with Crippen molar-refractivity contribution in [3.05, 3.63) is 32.5 Å². The molecule has 2 aromatic heterocycles. The van der Waals surface area contributed by atoms with Gasteiger partial charge in [0.05, 0.1) is 19.2 Å². The molecule has 0 aromatic carbocycles. The second kappa shape index (κ2) is 10.2. The number of methoxy groups -OCH3 is 1. The van der Waals surface area contributed by atoms with E-state index < -0.39 is 24.5 Å². The quantitative estimate of drug-likeness (QED) is 0.638. The van der Waals surface area contributed by atoms with Crippen LogP contribution in [-0.4, -0.2) is 36.5 Å². The molecule has 0 unspecified atom stereocenters. The van der Waals surface area contributed by atoms with Crippen LogP contribution in [0.4, 0.5) is 5.13 Å². The van der Waals surface area contributed by atoms with E-state index in [1.165, 1.54) is 34.7 Å². The predicted molar refractivity (Wildman–Crippen MR) is 104 cm³/mol. The summed E-state index contributed by atoms with van der Waals surface area (Å²) in [5, 5.41) is 4.55. The molecule has 2 heterocycles. The summed E-state index contributed by atoms with van der Waals surface area (Å²) in [5.74, 6) is -1.39. The van der Waals surface area contributed by atoms with Gasteiger partial charge >= 0.3 is 11.9 Å². The molecule has 27 heavy (non-hydrogen) atoms. The van der Waals surface area contributed by atoms with Gasteiger partial charge in [0.1, 0.15) is 4.88 Å². The number of rotatable bonds is 9. The minimum absolute atomic E-state index is 0.0378. The highest BCUT2D eigenvalue weighted by molar-refractivity contribution is 7.14. The summed E-state index contributed by atoms with van der Waals surface area (Å²) in [6, 6.07) is 1.84. The number of carbonyl (C=O) groups is 3. The molecule has 0 fully saturated rings. The van der Waals surface area contributed by atoms with E-state index in [1.54, 1.807) is 5.38 Å². The molecule has 0 saturated heterocycles. The lowest BCUT2D eigenvalue weighted by molar-refractivity contribution is -0.139. The summed E-state index contributed by atoms with van der Waals surface area (Å²) in [6.07, 6.45) is 2.84. The lowest BCUT2D eigenvalue weighted by atomic mass is 10.1. The number of thiazole rings is 1. The van der Waals surface area contributed by atoms with Crippen molar-refractivity contribution in [2.45, 2.75) is 39.5 Å². The fourth-order valence-electron chi connectivity index (χ4n) is 2.33. The molecule has 0 aliphatic carbocycles. The van der Waals surface area contributed by atoms with E-state index in [9.17, 15) is 14.4 Å². The van der Waals surface area contributed by atoms with E-state index in [1.807, 2.05) is 13.0 Å². The standard InChI is InChI=1S/C18H22N2O5S2/c1-4-6-13-11(5-2)7-14(27-13)17(23)25-9-15(21)20-18-19-12(10-26-18)8-16(22)24-3/h7,10H,4-6,8-9H2,1-3H3,(H,19,20,21). The normalized spacial score (nSPS) is 10.5. The van der Waals surface area contributed by atoms with Crippen LogP contribution in [0.2, 0.25) is 0 Å². The van der Waals surface area contributed by atoms with Gasteiger partial charge in [-0.25, -0.2) is 9.78 Å². The first-order chi connectivity index (χ1) is 13.0. The van der Waals surface area contributed by atoms with Crippen molar-refractivity contribution < 1.29 is 23.9 Å². The fourth-order valence-corrected chi connectivity index (χ4v) is 4.30. The second-order valence-corrected chi connectivity index (χ2v) is 7.68. The molecular formula is C18H22N2O5S2. The van der Waals surface area contributed by atoms with Crippen molar-refractivity contribution in [3.8, 4) is 0 Å². The summed E-state index contributed by atoms with van der Waals surface area (Å²) in [4.78, 5) is 41.2. The number of ether oxygens (including phenoxy) is 2. The van der Waals surface area contributed by atoms with Gasteiger partial charge in [-0.1, -0.05) is 20.3 Å². The largest absolute Gasteiger partial charge is 0.469 e. The molecule has 0 aliphatic heterocycles. The van der Waals surface area contributed by atoms with Crippen LogP contribution in [-0.2, 0) is 38.3 Å². The molecule has 0 spiro atoms. The van der Waals surface area contributed by atoms with E-state index in [0.717, 1.165) is 24.8 Å². The highest BCUT2D eigenvalue weighted by Gasteiger charge is 2.17. The maximum atomic E-state index is 12.2. The lowest BCUT2D eigenvalue weighted by Crippen LogP contribution is -2.20. The van der Waals surface area contributed by atoms with Crippen LogP contribution in [0, 0.1) is 0 Å². The molecule has 2 aromatic rings. The van der Waals surface area contributed by atoms with Gasteiger partial charge in [0.2, 0.25) is 0 Å². The van der Waals surface area contributed by atoms with Crippen LogP contribution >= 0.6 is 22.7 Å². The average molecular weight is 411 g/mol. The maximum absolute atomic E-state index is 12.2. The first kappa shape index (κ1) is 21.0. The van der Waals surface area contributed by atoms with Crippen LogP contribution in [0.15, 0.2) is 11.4 Å². The Bertz CT molecular complexity index is 813. The number of aryl methyl sites for hydroxylation is 2. The van der Waals surface area contributed by atoms with Crippen molar-refractivity contribution in [2.24, 2.45) is 0 Å². The van der Waals surface area contributed by atoms with E-state index in [-0.39, 0.29) is 6.42 Å². The van der Waals surface area contributed by atoms with Crippen LogP contribution in [0.1, 0.15) is 46.1 Å². The number of amides is 1. The Morgan fingerprint density at radius 2 is 2.04 bits per heavy atom. The monoisotopic (exact) mass is 410 g/mol. The highest BCUT2D eigenvalue weighted by atomic mass is 32.1. The van der Waals surface area contributed by atoms with Gasteiger partial charge in [-0.15, -0.1) is 22.7 Å². The SMILES string of the molecule is CCCc1sc(C(=O)OCC(=O)Nc2nc(CC(=O)OC)cs2)cc1CC. The minimum Gasteiger partial charge on any atom is -0.469 e. The van der Waals surface area contributed by atoms with Crippen LogP contribution < -0.4 is 5.32 Å². The van der Waals surface area contributed by atoms with Gasteiger partial charge in [0.15, 0.2) is 11.7 Å². The summed E-state index contributed by atoms with van der Waals surface area (Å²) >= 11 is 2.61. The Morgan fingerprint density at radius 3 is 2.70 bits per heavy atom. The molecule has 146 valence electrons. The third-order valence-corrected chi connectivity index (χ3v) is 5.67. The molecule has 0 aliphatic rings. The van der Waals surface area contributed by atoms with Gasteiger partial charge in [0.25, 0.3) is 5.91 Å². The Hall–Kier alpha value is -2.26. The van der Waals surface area contributed by atoms with Gasteiger partial charge < -0.3 is 9.47 Å². The van der Waals surface area contributed by atoms with Crippen molar-refractivity contribution >= 4 is 45.7 Å². The zero-order chi connectivity index (χ0) is 19.8. The minimum atomic E-state index is -0.502. The Balaban J connectivity index is 1.86. The van der Waals surface area contributed by atoms with Crippen molar-refractivity contribution in [2.75, 3.05) is 19.0 Å². The zero-order valence-corrected chi connectivity index (χ0v) is 17.1. The highest BCUT2D eigenvalue weighted by Crippen LogP contribution is 2.25. The average Bonchev–Trinajstić information content (AvgIpc) is 3.26. The Labute approximate surface area is 165 Å². The summed E-state index contributed by atoms with van der Waals surface area (Å²) in [7, 11) is 1.30. The van der Waals surface area contributed by atoms with Gasteiger partial charge in [0, 0.05) is 10.3 Å². The first-order valence-corrected chi connectivity index (χ1v) is 10.3. The van der Waals surface area contributed by atoms with Crippen LogP contribution in [0.3, 0.4) is 0 Å². The molecular weight excluding hydrogens is 388 g/mol. The van der Waals surface area contributed by atoms with Crippen molar-refractivity contribution in [1.29, 1.82) is 0 Å². The Morgan fingerprint density at radius 1 is 1.26 bits per heavy atom. The van der Waals surface area contributed by atoms with Crippen molar-refractivity contribution in [1.82, 2.24) is 4.98 Å². The third-order valence-electron chi connectivity index (χ3n) is 3.64. The van der Waals surface area contributed by atoms with Crippen LogP contribution in [0.25, 0.3) is 0 Å². The predicted octanol–water partition coefficient (Wildman–Crippen LogP) is 3.23. The number of aromatic nitrogens is 1. The molecule has 1 amide bonds. The number of anilines is 1. The third kappa shape index (κ3) is 6.14. The molecule has 0 radical (unpaired) electrons. The van der Waals surface area contributed by atoms with E-state index >= 15 is 0 Å². The molecule has 9 heteroatoms. The molecule has 0 atom stereocenters. The number of nitrogens with zero attached hydrogens (tertiary/aromatic N) is 1. The van der Waals surface area contributed by atoms with Crippen LogP contribution in [0.5, 0.6) is 0 Å². The number of esters is 2. The van der Waals surface area contributed by atoms with Gasteiger partial charge in [-0.05, 0) is 24.5 Å².